The predicted molar refractivity (Wildman–Crippen MR) is 127 cm³/mol. The number of fused-ring (bicyclic) bond motifs is 1. The van der Waals surface area contributed by atoms with Crippen LogP contribution in [0.4, 0.5) is 5.00 Å². The van der Waals surface area contributed by atoms with Crippen LogP contribution in [0.1, 0.15) is 38.8 Å². The van der Waals surface area contributed by atoms with E-state index in [0.29, 0.717) is 22.7 Å². The molecule has 1 atom stereocenters. The van der Waals surface area contributed by atoms with Gasteiger partial charge < -0.3 is 14.7 Å². The van der Waals surface area contributed by atoms with Gasteiger partial charge in [0.15, 0.2) is 0 Å². The van der Waals surface area contributed by atoms with Gasteiger partial charge in [-0.2, -0.15) is 0 Å². The maximum absolute atomic E-state index is 12.8. The Morgan fingerprint density at radius 2 is 2.10 bits per heavy atom. The van der Waals surface area contributed by atoms with Crippen LogP contribution in [0.15, 0.2) is 58.0 Å². The molecule has 0 saturated carbocycles. The van der Waals surface area contributed by atoms with Crippen LogP contribution in [0.5, 0.6) is 5.75 Å². The minimum absolute atomic E-state index is 0.143. The molecule has 0 radical (unpaired) electrons. The molecular formula is C24H24BrN2O3S+. The second kappa shape index (κ2) is 9.77. The van der Waals surface area contributed by atoms with E-state index in [1.807, 2.05) is 13.0 Å². The molecule has 160 valence electrons. The number of rotatable bonds is 6. The Kier molecular flexibility index (Phi) is 6.85. The zero-order chi connectivity index (χ0) is 21.8. The van der Waals surface area contributed by atoms with E-state index in [-0.39, 0.29) is 11.7 Å². The molecule has 7 heteroatoms. The summed E-state index contributed by atoms with van der Waals surface area (Å²) in [7, 11) is 0. The third kappa shape index (κ3) is 5.06. The quantitative estimate of drug-likeness (QED) is 0.392. The Balaban J connectivity index is 1.64. The van der Waals surface area contributed by atoms with Gasteiger partial charge >= 0.3 is 5.97 Å². The van der Waals surface area contributed by atoms with Crippen LogP contribution in [0.3, 0.4) is 0 Å². The lowest BCUT2D eigenvalue weighted by Crippen LogP contribution is -3.10. The molecule has 0 amide bonds. The number of phenols is 1. The number of halogens is 1. The van der Waals surface area contributed by atoms with Crippen LogP contribution in [-0.4, -0.2) is 30.4 Å². The summed E-state index contributed by atoms with van der Waals surface area (Å²) in [6.07, 6.45) is 2.43. The zero-order valence-corrected chi connectivity index (χ0v) is 19.6. The van der Waals surface area contributed by atoms with E-state index in [0.717, 1.165) is 36.1 Å². The SMILES string of the molecule is CCOC(=O)c1c(/N=C/c2cc(Br)ccc2O)sc2c1CC[NH+](Cc1ccccc1)C2. The first-order chi connectivity index (χ1) is 15.0. The van der Waals surface area contributed by atoms with E-state index >= 15 is 0 Å². The summed E-state index contributed by atoms with van der Waals surface area (Å²) >= 11 is 4.96. The lowest BCUT2D eigenvalue weighted by molar-refractivity contribution is -0.929. The molecule has 0 fully saturated rings. The number of carbonyl (C=O) groups is 1. The van der Waals surface area contributed by atoms with Gasteiger partial charge in [0.2, 0.25) is 0 Å². The number of nitrogens with one attached hydrogen (secondary N) is 1. The van der Waals surface area contributed by atoms with Gasteiger partial charge in [0.05, 0.1) is 18.0 Å². The highest BCUT2D eigenvalue weighted by molar-refractivity contribution is 9.10. The molecule has 5 nitrogen and oxygen atoms in total. The summed E-state index contributed by atoms with van der Waals surface area (Å²) in [4.78, 5) is 20.0. The van der Waals surface area contributed by atoms with Gasteiger partial charge in [0.25, 0.3) is 0 Å². The van der Waals surface area contributed by atoms with Crippen LogP contribution in [0, 0.1) is 0 Å². The molecule has 4 rings (SSSR count). The van der Waals surface area contributed by atoms with Gasteiger partial charge in [-0.1, -0.05) is 46.3 Å². The van der Waals surface area contributed by atoms with E-state index in [1.165, 1.54) is 15.3 Å². The number of esters is 1. The summed E-state index contributed by atoms with van der Waals surface area (Å²) in [5.41, 5.74) is 3.54. The monoisotopic (exact) mass is 499 g/mol. The van der Waals surface area contributed by atoms with E-state index in [2.05, 4.69) is 45.2 Å². The Bertz CT molecular complexity index is 1110. The normalized spacial score (nSPS) is 15.7. The van der Waals surface area contributed by atoms with Gasteiger partial charge in [-0.05, 0) is 30.7 Å². The van der Waals surface area contributed by atoms with E-state index in [9.17, 15) is 9.90 Å². The number of thiophene rings is 1. The van der Waals surface area contributed by atoms with Crippen LogP contribution >= 0.6 is 27.3 Å². The zero-order valence-electron chi connectivity index (χ0n) is 17.2. The molecule has 3 aromatic rings. The fourth-order valence-corrected chi connectivity index (χ4v) is 5.45. The van der Waals surface area contributed by atoms with Crippen LogP contribution in [0.2, 0.25) is 0 Å². The highest BCUT2D eigenvalue weighted by Gasteiger charge is 2.30. The number of hydrogen-bond donors (Lipinski definition) is 2. The maximum Gasteiger partial charge on any atom is 0.341 e. The number of hydrogen-bond acceptors (Lipinski definition) is 5. The molecule has 2 aromatic carbocycles. The van der Waals surface area contributed by atoms with Crippen molar-refractivity contribution in [1.82, 2.24) is 0 Å². The van der Waals surface area contributed by atoms with Gasteiger partial charge in [-0.25, -0.2) is 9.79 Å². The molecular weight excluding hydrogens is 476 g/mol. The smallest absolute Gasteiger partial charge is 0.341 e. The van der Waals surface area contributed by atoms with Crippen LogP contribution < -0.4 is 4.90 Å². The van der Waals surface area contributed by atoms with Gasteiger partial charge in [-0.3, -0.25) is 0 Å². The van der Waals surface area contributed by atoms with Crippen molar-refractivity contribution in [1.29, 1.82) is 0 Å². The van der Waals surface area contributed by atoms with Crippen molar-refractivity contribution >= 4 is 44.5 Å². The Hall–Kier alpha value is -2.48. The third-order valence-corrected chi connectivity index (χ3v) is 6.93. The lowest BCUT2D eigenvalue weighted by atomic mass is 10.0. The van der Waals surface area contributed by atoms with Gasteiger partial charge in [0.1, 0.15) is 29.4 Å². The summed E-state index contributed by atoms with van der Waals surface area (Å²) in [5.74, 6) is -0.179. The molecule has 2 N–H and O–H groups in total. The minimum Gasteiger partial charge on any atom is -0.507 e. The highest BCUT2D eigenvalue weighted by atomic mass is 79.9. The number of nitrogens with zero attached hydrogens (tertiary/aromatic N) is 1. The average Bonchev–Trinajstić information content (AvgIpc) is 3.13. The summed E-state index contributed by atoms with van der Waals surface area (Å²) in [6, 6.07) is 15.7. The van der Waals surface area contributed by atoms with E-state index < -0.39 is 0 Å². The van der Waals surface area contributed by atoms with E-state index in [1.54, 1.807) is 35.8 Å². The number of benzene rings is 2. The molecule has 0 bridgehead atoms. The number of aromatic hydroxyl groups is 1. The van der Waals surface area contributed by atoms with Crippen molar-refractivity contribution in [2.24, 2.45) is 4.99 Å². The van der Waals surface area contributed by atoms with E-state index in [4.69, 9.17) is 4.74 Å². The number of ether oxygens (including phenoxy) is 1. The molecule has 0 saturated heterocycles. The molecule has 1 aromatic heterocycles. The summed E-state index contributed by atoms with van der Waals surface area (Å²) in [6.45, 7) is 4.91. The van der Waals surface area contributed by atoms with Crippen molar-refractivity contribution in [3.05, 3.63) is 80.1 Å². The van der Waals surface area contributed by atoms with Crippen molar-refractivity contribution < 1.29 is 19.5 Å². The van der Waals surface area contributed by atoms with Crippen molar-refractivity contribution in [3.63, 3.8) is 0 Å². The molecule has 1 unspecified atom stereocenters. The van der Waals surface area contributed by atoms with Gasteiger partial charge in [0, 0.05) is 28.2 Å². The highest BCUT2D eigenvalue weighted by Crippen LogP contribution is 2.37. The fourth-order valence-electron chi connectivity index (χ4n) is 3.82. The Labute approximate surface area is 194 Å². The van der Waals surface area contributed by atoms with Crippen molar-refractivity contribution in [2.45, 2.75) is 26.4 Å². The minimum atomic E-state index is -0.322. The molecule has 1 aliphatic rings. The fraction of sp³-hybridized carbons (Fsp3) is 0.250. The lowest BCUT2D eigenvalue weighted by Gasteiger charge is -2.24. The number of aliphatic imine (C=N–C) groups is 1. The second-order valence-corrected chi connectivity index (χ2v) is 9.45. The molecule has 0 aliphatic carbocycles. The van der Waals surface area contributed by atoms with Crippen LogP contribution in [0.25, 0.3) is 0 Å². The first-order valence-corrected chi connectivity index (χ1v) is 11.9. The number of phenolic OH excluding ortho intramolecular Hbond substituents is 1. The van der Waals surface area contributed by atoms with Crippen molar-refractivity contribution in [3.8, 4) is 5.75 Å². The molecule has 1 aliphatic heterocycles. The largest absolute Gasteiger partial charge is 0.507 e. The number of quaternary nitrogens is 1. The Morgan fingerprint density at radius 3 is 2.87 bits per heavy atom. The topological polar surface area (TPSA) is 63.3 Å². The average molecular weight is 500 g/mol. The van der Waals surface area contributed by atoms with Crippen molar-refractivity contribution in [2.75, 3.05) is 13.2 Å². The maximum atomic E-state index is 12.8. The molecule has 0 spiro atoms. The summed E-state index contributed by atoms with van der Waals surface area (Å²) < 4.78 is 6.19. The first-order valence-electron chi connectivity index (χ1n) is 10.3. The first kappa shape index (κ1) is 21.7. The standard InChI is InChI=1S/C24H23BrN2O3S/c1-2-30-24(29)22-19-10-11-27(14-16-6-4-3-5-7-16)15-21(19)31-23(22)26-13-17-12-18(25)8-9-20(17)28/h3-9,12-13,28H,2,10-11,14-15H2,1H3/p+1/b26-13+. The molecule has 31 heavy (non-hydrogen) atoms. The molecule has 2 heterocycles. The summed E-state index contributed by atoms with van der Waals surface area (Å²) in [5, 5.41) is 10.8. The Morgan fingerprint density at radius 1 is 1.29 bits per heavy atom. The predicted octanol–water partition coefficient (Wildman–Crippen LogP) is 4.28. The third-order valence-electron chi connectivity index (χ3n) is 5.30. The second-order valence-electron chi connectivity index (χ2n) is 7.45. The van der Waals surface area contributed by atoms with Gasteiger partial charge in [-0.15, -0.1) is 11.3 Å². The number of carbonyl (C=O) groups excluding carboxylic acids is 1. The van der Waals surface area contributed by atoms with Crippen LogP contribution in [-0.2, 0) is 24.2 Å².